The van der Waals surface area contributed by atoms with Gasteiger partial charge in [0.15, 0.2) is 0 Å². The van der Waals surface area contributed by atoms with E-state index in [1.165, 1.54) is 12.1 Å². The van der Waals surface area contributed by atoms with Crippen LogP contribution < -0.4 is 9.47 Å². The van der Waals surface area contributed by atoms with E-state index in [2.05, 4.69) is 0 Å². The molecule has 10 nitrogen and oxygen atoms in total. The van der Waals surface area contributed by atoms with Gasteiger partial charge in [0.2, 0.25) is 0 Å². The predicted octanol–water partition coefficient (Wildman–Crippen LogP) is 3.64. The molecule has 174 valence electrons. The Bertz CT molecular complexity index is 1180. The molecule has 34 heavy (non-hydrogen) atoms. The average Bonchev–Trinajstić information content (AvgIpc) is 2.81. The van der Waals surface area contributed by atoms with Gasteiger partial charge >= 0.3 is 23.9 Å². The Labute approximate surface area is 192 Å². The van der Waals surface area contributed by atoms with Gasteiger partial charge in [-0.3, -0.25) is 0 Å². The van der Waals surface area contributed by atoms with Crippen molar-refractivity contribution in [1.29, 1.82) is 0 Å². The van der Waals surface area contributed by atoms with Crippen LogP contribution in [0.4, 0.5) is 0 Å². The van der Waals surface area contributed by atoms with Crippen LogP contribution in [0.15, 0.2) is 60.7 Å². The zero-order chi connectivity index (χ0) is 24.8. The van der Waals surface area contributed by atoms with Crippen LogP contribution in [0.5, 0.6) is 11.5 Å². The standard InChI is InChI=1S/C24H18O10/c25-21(26)15-4-6-17(23(29)30)19(9-15)33-11-13-2-1-3-14(8-13)12-34-20-10-16(22(27)28)5-7-18(20)24(31)32/h1-10H,11-12H2,(H,25,26)(H,27,28)(H,29,30)(H,31,32). The molecule has 4 N–H and O–H groups in total. The summed E-state index contributed by atoms with van der Waals surface area (Å²) in [6.07, 6.45) is 0. The molecule has 0 saturated heterocycles. The summed E-state index contributed by atoms with van der Waals surface area (Å²) in [4.78, 5) is 45.2. The predicted molar refractivity (Wildman–Crippen MR) is 116 cm³/mol. The van der Waals surface area contributed by atoms with Crippen LogP contribution in [0, 0.1) is 0 Å². The second-order valence-electron chi connectivity index (χ2n) is 7.04. The van der Waals surface area contributed by atoms with E-state index in [1.54, 1.807) is 24.3 Å². The first-order valence-electron chi connectivity index (χ1n) is 9.70. The lowest BCUT2D eigenvalue weighted by atomic mass is 10.1. The molecule has 3 aromatic carbocycles. The first-order valence-corrected chi connectivity index (χ1v) is 9.70. The normalized spacial score (nSPS) is 10.4. The Morgan fingerprint density at radius 3 is 1.32 bits per heavy atom. The minimum atomic E-state index is -1.27. The number of benzene rings is 3. The van der Waals surface area contributed by atoms with Gasteiger partial charge in [0.25, 0.3) is 0 Å². The highest BCUT2D eigenvalue weighted by Gasteiger charge is 2.16. The highest BCUT2D eigenvalue weighted by atomic mass is 16.5. The van der Waals surface area contributed by atoms with Crippen LogP contribution in [0.25, 0.3) is 0 Å². The van der Waals surface area contributed by atoms with Crippen LogP contribution in [0.3, 0.4) is 0 Å². The van der Waals surface area contributed by atoms with Crippen molar-refractivity contribution in [2.45, 2.75) is 13.2 Å². The molecule has 0 heterocycles. The lowest BCUT2D eigenvalue weighted by Crippen LogP contribution is -2.07. The lowest BCUT2D eigenvalue weighted by molar-refractivity contribution is 0.0676. The van der Waals surface area contributed by atoms with Crippen LogP contribution in [0.2, 0.25) is 0 Å². The van der Waals surface area contributed by atoms with Gasteiger partial charge in [-0.05, 0) is 53.6 Å². The fourth-order valence-electron chi connectivity index (χ4n) is 3.03. The third-order valence-corrected chi connectivity index (χ3v) is 4.70. The van der Waals surface area contributed by atoms with E-state index in [-0.39, 0.29) is 47.0 Å². The second-order valence-corrected chi connectivity index (χ2v) is 7.04. The maximum absolute atomic E-state index is 11.4. The third-order valence-electron chi connectivity index (χ3n) is 4.70. The van der Waals surface area contributed by atoms with Crippen LogP contribution in [-0.2, 0) is 13.2 Å². The van der Waals surface area contributed by atoms with Crippen molar-refractivity contribution in [1.82, 2.24) is 0 Å². The zero-order valence-corrected chi connectivity index (χ0v) is 17.4. The van der Waals surface area contributed by atoms with Crippen molar-refractivity contribution in [3.8, 4) is 11.5 Å². The molecule has 0 saturated carbocycles. The number of carbonyl (C=O) groups is 4. The van der Waals surface area contributed by atoms with Gasteiger partial charge in [-0.1, -0.05) is 18.2 Å². The van der Waals surface area contributed by atoms with Crippen molar-refractivity contribution >= 4 is 23.9 Å². The average molecular weight is 466 g/mol. The maximum Gasteiger partial charge on any atom is 0.339 e. The summed E-state index contributed by atoms with van der Waals surface area (Å²) in [5.74, 6) is -5.21. The monoisotopic (exact) mass is 466 g/mol. The van der Waals surface area contributed by atoms with Crippen molar-refractivity contribution in [2.75, 3.05) is 0 Å². The Balaban J connectivity index is 1.76. The van der Waals surface area contributed by atoms with Crippen molar-refractivity contribution in [3.05, 3.63) is 94.0 Å². The zero-order valence-electron chi connectivity index (χ0n) is 17.4. The number of hydrogen-bond donors (Lipinski definition) is 4. The smallest absolute Gasteiger partial charge is 0.339 e. The Kier molecular flexibility index (Phi) is 7.12. The molecule has 0 spiro atoms. The van der Waals surface area contributed by atoms with E-state index < -0.39 is 23.9 Å². The molecule has 10 heteroatoms. The van der Waals surface area contributed by atoms with Gasteiger partial charge in [0, 0.05) is 0 Å². The highest BCUT2D eigenvalue weighted by molar-refractivity contribution is 5.95. The molecule has 0 aliphatic heterocycles. The summed E-state index contributed by atoms with van der Waals surface area (Å²) in [5, 5.41) is 36.9. The van der Waals surface area contributed by atoms with E-state index >= 15 is 0 Å². The molecule has 0 aromatic heterocycles. The van der Waals surface area contributed by atoms with Crippen LogP contribution >= 0.6 is 0 Å². The molecule has 0 atom stereocenters. The number of hydrogen-bond acceptors (Lipinski definition) is 6. The topological polar surface area (TPSA) is 168 Å². The van der Waals surface area contributed by atoms with Crippen LogP contribution in [-0.4, -0.2) is 44.3 Å². The highest BCUT2D eigenvalue weighted by Crippen LogP contribution is 2.24. The Morgan fingerprint density at radius 1 is 0.559 bits per heavy atom. The molecule has 0 aliphatic carbocycles. The van der Waals surface area contributed by atoms with E-state index in [0.29, 0.717) is 11.1 Å². The van der Waals surface area contributed by atoms with Gasteiger partial charge < -0.3 is 29.9 Å². The summed E-state index contributed by atoms with van der Waals surface area (Å²) in [5.41, 5.74) is 0.583. The molecule has 3 rings (SSSR count). The van der Waals surface area contributed by atoms with E-state index in [0.717, 1.165) is 24.3 Å². The molecule has 0 bridgehead atoms. The number of carboxylic acids is 4. The molecular formula is C24H18O10. The third kappa shape index (κ3) is 5.68. The molecule has 3 aromatic rings. The van der Waals surface area contributed by atoms with Crippen molar-refractivity contribution in [2.24, 2.45) is 0 Å². The van der Waals surface area contributed by atoms with Gasteiger partial charge in [-0.15, -0.1) is 0 Å². The SMILES string of the molecule is O=C(O)c1ccc(C(=O)O)c(OCc2cccc(COc3cc(C(=O)O)ccc3C(=O)O)c2)c1. The fraction of sp³-hybridized carbons (Fsp3) is 0.0833. The molecular weight excluding hydrogens is 448 g/mol. The minimum absolute atomic E-state index is 0.0773. The maximum atomic E-state index is 11.4. The summed E-state index contributed by atoms with van der Waals surface area (Å²) < 4.78 is 11.1. The Hall–Kier alpha value is -4.86. The van der Waals surface area contributed by atoms with Crippen molar-refractivity contribution < 1.29 is 49.1 Å². The number of aromatic carboxylic acids is 4. The quantitative estimate of drug-likeness (QED) is 0.346. The largest absolute Gasteiger partial charge is 0.488 e. The summed E-state index contributed by atoms with van der Waals surface area (Å²) in [6.45, 7) is -0.155. The Morgan fingerprint density at radius 2 is 0.971 bits per heavy atom. The number of carboxylic acid groups (broad SMARTS) is 4. The van der Waals surface area contributed by atoms with Crippen molar-refractivity contribution in [3.63, 3.8) is 0 Å². The van der Waals surface area contributed by atoms with E-state index in [4.69, 9.17) is 19.7 Å². The van der Waals surface area contributed by atoms with Gasteiger partial charge in [-0.25, -0.2) is 19.2 Å². The van der Waals surface area contributed by atoms with Gasteiger partial charge in [0.05, 0.1) is 11.1 Å². The minimum Gasteiger partial charge on any atom is -0.488 e. The second kappa shape index (κ2) is 10.2. The van der Waals surface area contributed by atoms with E-state index in [9.17, 15) is 29.4 Å². The summed E-state index contributed by atoms with van der Waals surface area (Å²) in [6, 6.07) is 13.6. The molecule has 0 amide bonds. The first kappa shape index (κ1) is 23.8. The van der Waals surface area contributed by atoms with Gasteiger partial charge in [-0.2, -0.15) is 0 Å². The molecule has 0 aliphatic rings. The van der Waals surface area contributed by atoms with E-state index in [1.807, 2.05) is 0 Å². The molecule has 0 unspecified atom stereocenters. The number of rotatable bonds is 10. The summed E-state index contributed by atoms with van der Waals surface area (Å²) in [7, 11) is 0. The molecule has 0 radical (unpaired) electrons. The molecule has 0 fully saturated rings. The van der Waals surface area contributed by atoms with Crippen LogP contribution in [0.1, 0.15) is 52.6 Å². The number of ether oxygens (including phenoxy) is 2. The lowest BCUT2D eigenvalue weighted by Gasteiger charge is -2.12. The first-order chi connectivity index (χ1) is 16.2. The summed E-state index contributed by atoms with van der Waals surface area (Å²) >= 11 is 0. The fourth-order valence-corrected chi connectivity index (χ4v) is 3.03. The van der Waals surface area contributed by atoms with Gasteiger partial charge in [0.1, 0.15) is 35.8 Å².